The molecule has 0 unspecified atom stereocenters. The highest BCUT2D eigenvalue weighted by Gasteiger charge is 2.23. The first-order valence-electron chi connectivity index (χ1n) is 8.43. The number of hydrogen-bond acceptors (Lipinski definition) is 4. The van der Waals surface area contributed by atoms with Gasteiger partial charge in [0.2, 0.25) is 0 Å². The summed E-state index contributed by atoms with van der Waals surface area (Å²) < 4.78 is 0. The molecule has 2 aromatic carbocycles. The molecule has 2 aromatic heterocycles. The molecule has 0 spiro atoms. The highest BCUT2D eigenvalue weighted by atomic mass is 15.2. The standard InChI is InChI=1S/C21H16N4/c1-4-10-19-15(6-1)11-13-25(19)21-17-8-2-3-9-18(17)23-20(24-21)16-7-5-12-22-14-16/h1-10,12,14H,11,13H2. The maximum Gasteiger partial charge on any atom is 0.163 e. The lowest BCUT2D eigenvalue weighted by atomic mass is 10.1. The monoisotopic (exact) mass is 324 g/mol. The predicted molar refractivity (Wildman–Crippen MR) is 99.9 cm³/mol. The molecule has 3 heterocycles. The summed E-state index contributed by atoms with van der Waals surface area (Å²) in [5.41, 5.74) is 4.49. The van der Waals surface area contributed by atoms with Gasteiger partial charge in [-0.05, 0) is 42.3 Å². The summed E-state index contributed by atoms with van der Waals surface area (Å²) in [6.07, 6.45) is 4.62. The summed E-state index contributed by atoms with van der Waals surface area (Å²) >= 11 is 0. The number of fused-ring (bicyclic) bond motifs is 2. The first kappa shape index (κ1) is 14.1. The van der Waals surface area contributed by atoms with Gasteiger partial charge in [0.05, 0.1) is 5.52 Å². The maximum absolute atomic E-state index is 4.93. The quantitative estimate of drug-likeness (QED) is 0.548. The van der Waals surface area contributed by atoms with Gasteiger partial charge in [0.15, 0.2) is 5.82 Å². The minimum Gasteiger partial charge on any atom is -0.325 e. The Morgan fingerprint density at radius 2 is 1.72 bits per heavy atom. The van der Waals surface area contributed by atoms with E-state index in [2.05, 4.69) is 40.2 Å². The Morgan fingerprint density at radius 1 is 0.840 bits per heavy atom. The van der Waals surface area contributed by atoms with Crippen molar-refractivity contribution in [2.75, 3.05) is 11.4 Å². The van der Waals surface area contributed by atoms with Gasteiger partial charge in [-0.15, -0.1) is 0 Å². The molecule has 0 bridgehead atoms. The van der Waals surface area contributed by atoms with Crippen LogP contribution in [0.3, 0.4) is 0 Å². The zero-order valence-corrected chi connectivity index (χ0v) is 13.6. The Balaban J connectivity index is 1.75. The minimum atomic E-state index is 0.714. The van der Waals surface area contributed by atoms with Gasteiger partial charge in [0.25, 0.3) is 0 Å². The van der Waals surface area contributed by atoms with E-state index < -0.39 is 0 Å². The van der Waals surface area contributed by atoms with Gasteiger partial charge >= 0.3 is 0 Å². The zero-order chi connectivity index (χ0) is 16.6. The van der Waals surface area contributed by atoms with E-state index in [4.69, 9.17) is 9.97 Å². The van der Waals surface area contributed by atoms with Crippen molar-refractivity contribution in [1.29, 1.82) is 0 Å². The molecular formula is C21H16N4. The van der Waals surface area contributed by atoms with Crippen LogP contribution in [0.25, 0.3) is 22.3 Å². The van der Waals surface area contributed by atoms with Crippen LogP contribution in [0.5, 0.6) is 0 Å². The van der Waals surface area contributed by atoms with Gasteiger partial charge in [0.1, 0.15) is 5.82 Å². The summed E-state index contributed by atoms with van der Waals surface area (Å²) in [7, 11) is 0. The van der Waals surface area contributed by atoms with Crippen molar-refractivity contribution in [3.8, 4) is 11.4 Å². The Hall–Kier alpha value is -3.27. The average Bonchev–Trinajstić information content (AvgIpc) is 3.12. The van der Waals surface area contributed by atoms with Gasteiger partial charge in [-0.1, -0.05) is 30.3 Å². The molecule has 4 nitrogen and oxygen atoms in total. The lowest BCUT2D eigenvalue weighted by Gasteiger charge is -2.21. The van der Waals surface area contributed by atoms with Crippen LogP contribution in [0.1, 0.15) is 5.56 Å². The number of pyridine rings is 1. The van der Waals surface area contributed by atoms with E-state index in [-0.39, 0.29) is 0 Å². The molecule has 1 aliphatic rings. The summed E-state index contributed by atoms with van der Waals surface area (Å²) in [6, 6.07) is 20.7. The number of para-hydroxylation sites is 2. The summed E-state index contributed by atoms with van der Waals surface area (Å²) in [5, 5.41) is 1.08. The van der Waals surface area contributed by atoms with Gasteiger partial charge in [-0.25, -0.2) is 9.97 Å². The number of nitrogens with zero attached hydrogens (tertiary/aromatic N) is 4. The van der Waals surface area contributed by atoms with Gasteiger partial charge in [-0.3, -0.25) is 4.98 Å². The molecule has 0 atom stereocenters. The molecule has 4 heteroatoms. The average molecular weight is 324 g/mol. The Labute approximate surface area is 145 Å². The molecule has 0 saturated heterocycles. The molecular weight excluding hydrogens is 308 g/mol. The first-order chi connectivity index (χ1) is 12.4. The van der Waals surface area contributed by atoms with Crippen LogP contribution in [-0.4, -0.2) is 21.5 Å². The van der Waals surface area contributed by atoms with E-state index in [0.29, 0.717) is 5.82 Å². The van der Waals surface area contributed by atoms with Crippen molar-refractivity contribution in [1.82, 2.24) is 15.0 Å². The number of rotatable bonds is 2. The number of aromatic nitrogens is 3. The third-order valence-electron chi connectivity index (χ3n) is 4.65. The molecule has 0 aliphatic carbocycles. The highest BCUT2D eigenvalue weighted by Crippen LogP contribution is 2.37. The van der Waals surface area contributed by atoms with E-state index in [1.165, 1.54) is 11.3 Å². The minimum absolute atomic E-state index is 0.714. The molecule has 0 amide bonds. The van der Waals surface area contributed by atoms with E-state index in [9.17, 15) is 0 Å². The van der Waals surface area contributed by atoms with Crippen molar-refractivity contribution in [2.45, 2.75) is 6.42 Å². The molecule has 120 valence electrons. The fraction of sp³-hybridized carbons (Fsp3) is 0.0952. The summed E-state index contributed by atoms with van der Waals surface area (Å²) in [6.45, 7) is 0.937. The summed E-state index contributed by atoms with van der Waals surface area (Å²) in [4.78, 5) is 16.2. The third-order valence-corrected chi connectivity index (χ3v) is 4.65. The smallest absolute Gasteiger partial charge is 0.163 e. The van der Waals surface area contributed by atoms with Crippen LogP contribution in [-0.2, 0) is 6.42 Å². The number of hydrogen-bond donors (Lipinski definition) is 0. The van der Waals surface area contributed by atoms with E-state index >= 15 is 0 Å². The van der Waals surface area contributed by atoms with Crippen molar-refractivity contribution in [2.24, 2.45) is 0 Å². The van der Waals surface area contributed by atoms with Crippen molar-refractivity contribution in [3.63, 3.8) is 0 Å². The lowest BCUT2D eigenvalue weighted by molar-refractivity contribution is 0.976. The molecule has 0 N–H and O–H groups in total. The molecule has 0 radical (unpaired) electrons. The zero-order valence-electron chi connectivity index (χ0n) is 13.6. The highest BCUT2D eigenvalue weighted by molar-refractivity contribution is 5.93. The van der Waals surface area contributed by atoms with Crippen LogP contribution in [0.2, 0.25) is 0 Å². The first-order valence-corrected chi connectivity index (χ1v) is 8.43. The molecule has 1 aliphatic heterocycles. The van der Waals surface area contributed by atoms with Gasteiger partial charge < -0.3 is 4.90 Å². The van der Waals surface area contributed by atoms with Crippen molar-refractivity contribution < 1.29 is 0 Å². The fourth-order valence-corrected chi connectivity index (χ4v) is 3.45. The van der Waals surface area contributed by atoms with Gasteiger partial charge in [-0.2, -0.15) is 0 Å². The predicted octanol–water partition coefficient (Wildman–Crippen LogP) is 4.39. The number of anilines is 2. The maximum atomic E-state index is 4.93. The second-order valence-corrected chi connectivity index (χ2v) is 6.16. The molecule has 0 saturated carbocycles. The molecule has 4 aromatic rings. The van der Waals surface area contributed by atoms with Gasteiger partial charge in [0, 0.05) is 35.6 Å². The normalized spacial score (nSPS) is 13.2. The van der Waals surface area contributed by atoms with E-state index in [0.717, 1.165) is 35.2 Å². The van der Waals surface area contributed by atoms with E-state index in [1.807, 2.05) is 36.5 Å². The Morgan fingerprint density at radius 3 is 2.64 bits per heavy atom. The number of benzene rings is 2. The molecule has 0 fully saturated rings. The third kappa shape index (κ3) is 2.34. The van der Waals surface area contributed by atoms with Crippen LogP contribution >= 0.6 is 0 Å². The SMILES string of the molecule is c1cncc(-c2nc(N3CCc4ccccc43)c3ccccc3n2)c1. The lowest BCUT2D eigenvalue weighted by Crippen LogP contribution is -2.16. The fourth-order valence-electron chi connectivity index (χ4n) is 3.45. The van der Waals surface area contributed by atoms with Crippen LogP contribution in [0.4, 0.5) is 11.5 Å². The summed E-state index contributed by atoms with van der Waals surface area (Å²) in [5.74, 6) is 1.68. The second kappa shape index (κ2) is 5.67. The molecule has 5 rings (SSSR count). The second-order valence-electron chi connectivity index (χ2n) is 6.16. The van der Waals surface area contributed by atoms with Crippen LogP contribution < -0.4 is 4.90 Å². The largest absolute Gasteiger partial charge is 0.325 e. The Kier molecular flexibility index (Phi) is 3.20. The topological polar surface area (TPSA) is 41.9 Å². The molecule has 25 heavy (non-hydrogen) atoms. The van der Waals surface area contributed by atoms with Crippen LogP contribution in [0, 0.1) is 0 Å². The van der Waals surface area contributed by atoms with Crippen molar-refractivity contribution in [3.05, 3.63) is 78.6 Å². The Bertz CT molecular complexity index is 1060. The van der Waals surface area contributed by atoms with Crippen molar-refractivity contribution >= 4 is 22.4 Å². The van der Waals surface area contributed by atoms with Crippen LogP contribution in [0.15, 0.2) is 73.1 Å². The van der Waals surface area contributed by atoms with E-state index in [1.54, 1.807) is 6.20 Å².